The van der Waals surface area contributed by atoms with E-state index in [1.54, 1.807) is 18.2 Å². The number of benzene rings is 2. The zero-order valence-corrected chi connectivity index (χ0v) is 15.1. The molecule has 6 nitrogen and oxygen atoms in total. The Morgan fingerprint density at radius 1 is 1.15 bits per heavy atom. The highest BCUT2D eigenvalue weighted by atomic mass is 16.5. The summed E-state index contributed by atoms with van der Waals surface area (Å²) < 4.78 is 5.34. The largest absolute Gasteiger partial charge is 0.482 e. The molecule has 2 aliphatic heterocycles. The molecule has 2 heterocycles. The first-order chi connectivity index (χ1) is 13.2. The highest BCUT2D eigenvalue weighted by Crippen LogP contribution is 2.29. The van der Waals surface area contributed by atoms with Crippen molar-refractivity contribution in [2.75, 3.05) is 31.6 Å². The Labute approximate surface area is 158 Å². The lowest BCUT2D eigenvalue weighted by molar-refractivity contribution is -0.118. The second kappa shape index (κ2) is 7.80. The molecule has 1 unspecified atom stereocenters. The number of nitrogens with zero attached hydrogens (tertiary/aromatic N) is 1. The Balaban J connectivity index is 1.47. The first-order valence-corrected chi connectivity index (χ1v) is 9.34. The van der Waals surface area contributed by atoms with Crippen LogP contribution in [0.15, 0.2) is 48.5 Å². The van der Waals surface area contributed by atoms with Gasteiger partial charge in [0.25, 0.3) is 11.8 Å². The van der Waals surface area contributed by atoms with Crippen molar-refractivity contribution in [3.63, 3.8) is 0 Å². The van der Waals surface area contributed by atoms with Crippen molar-refractivity contribution in [1.29, 1.82) is 0 Å². The maximum absolute atomic E-state index is 12.7. The molecule has 0 saturated carbocycles. The molecular formula is C21H23N3O3. The summed E-state index contributed by atoms with van der Waals surface area (Å²) >= 11 is 0. The van der Waals surface area contributed by atoms with Gasteiger partial charge in [-0.15, -0.1) is 0 Å². The first-order valence-electron chi connectivity index (χ1n) is 9.34. The standard InChI is InChI=1S/C21H23N3O3/c25-20-14-27-19-9-8-16(12-17(19)23-20)21(26)22-13-18(24-10-4-5-11-24)15-6-2-1-3-7-15/h1-3,6-9,12,18H,4-5,10-11,13-14H2,(H,22,26)(H,23,25). The van der Waals surface area contributed by atoms with Crippen LogP contribution in [-0.4, -0.2) is 43.0 Å². The summed E-state index contributed by atoms with van der Waals surface area (Å²) in [4.78, 5) is 26.6. The van der Waals surface area contributed by atoms with Crippen molar-refractivity contribution >= 4 is 17.5 Å². The smallest absolute Gasteiger partial charge is 0.262 e. The summed E-state index contributed by atoms with van der Waals surface area (Å²) in [5, 5.41) is 5.80. The van der Waals surface area contributed by atoms with E-state index in [9.17, 15) is 9.59 Å². The Morgan fingerprint density at radius 3 is 2.70 bits per heavy atom. The molecule has 0 radical (unpaired) electrons. The summed E-state index contributed by atoms with van der Waals surface area (Å²) in [6.45, 7) is 2.66. The third-order valence-corrected chi connectivity index (χ3v) is 5.10. The Bertz CT molecular complexity index is 832. The van der Waals surface area contributed by atoms with Crippen molar-refractivity contribution in [1.82, 2.24) is 10.2 Å². The maximum atomic E-state index is 12.7. The van der Waals surface area contributed by atoms with E-state index in [4.69, 9.17) is 4.74 Å². The molecular weight excluding hydrogens is 342 g/mol. The number of likely N-dealkylation sites (tertiary alicyclic amines) is 1. The van der Waals surface area contributed by atoms with E-state index in [-0.39, 0.29) is 24.5 Å². The average Bonchev–Trinajstić information content (AvgIpc) is 3.22. The van der Waals surface area contributed by atoms with Crippen LogP contribution in [0.25, 0.3) is 0 Å². The van der Waals surface area contributed by atoms with Crippen molar-refractivity contribution in [2.45, 2.75) is 18.9 Å². The van der Waals surface area contributed by atoms with Crippen molar-refractivity contribution < 1.29 is 14.3 Å². The predicted octanol–water partition coefficient (Wildman–Crippen LogP) is 2.58. The Morgan fingerprint density at radius 2 is 1.93 bits per heavy atom. The van der Waals surface area contributed by atoms with Crippen LogP contribution in [-0.2, 0) is 4.79 Å². The number of rotatable bonds is 5. The second-order valence-corrected chi connectivity index (χ2v) is 6.93. The monoisotopic (exact) mass is 365 g/mol. The number of fused-ring (bicyclic) bond motifs is 1. The molecule has 1 atom stereocenters. The van der Waals surface area contributed by atoms with Gasteiger partial charge in [0.05, 0.1) is 11.7 Å². The van der Waals surface area contributed by atoms with E-state index in [0.717, 1.165) is 13.1 Å². The normalized spacial score (nSPS) is 17.6. The Hall–Kier alpha value is -2.86. The van der Waals surface area contributed by atoms with E-state index in [1.165, 1.54) is 18.4 Å². The van der Waals surface area contributed by atoms with E-state index < -0.39 is 0 Å². The van der Waals surface area contributed by atoms with E-state index >= 15 is 0 Å². The van der Waals surface area contributed by atoms with E-state index in [2.05, 4.69) is 27.7 Å². The molecule has 1 fully saturated rings. The summed E-state index contributed by atoms with van der Waals surface area (Å²) in [5.41, 5.74) is 2.26. The molecule has 2 amide bonds. The molecule has 2 aliphatic rings. The molecule has 2 aromatic carbocycles. The lowest BCUT2D eigenvalue weighted by Crippen LogP contribution is -2.36. The summed E-state index contributed by atoms with van der Waals surface area (Å²) in [6, 6.07) is 15.6. The van der Waals surface area contributed by atoms with E-state index in [1.807, 2.05) is 18.2 Å². The number of hydrogen-bond donors (Lipinski definition) is 2. The molecule has 0 bridgehead atoms. The van der Waals surface area contributed by atoms with Gasteiger partial charge in [-0.2, -0.15) is 0 Å². The van der Waals surface area contributed by atoms with Crippen LogP contribution in [0.1, 0.15) is 34.8 Å². The molecule has 6 heteroatoms. The van der Waals surface area contributed by atoms with Crippen LogP contribution in [0.5, 0.6) is 5.75 Å². The van der Waals surface area contributed by atoms with Gasteiger partial charge >= 0.3 is 0 Å². The summed E-state index contributed by atoms with van der Waals surface area (Å²) in [7, 11) is 0. The van der Waals surface area contributed by atoms with Crippen molar-refractivity contribution in [3.05, 3.63) is 59.7 Å². The van der Waals surface area contributed by atoms with Gasteiger partial charge in [0, 0.05) is 12.1 Å². The van der Waals surface area contributed by atoms with Crippen LogP contribution in [0, 0.1) is 0 Å². The third-order valence-electron chi connectivity index (χ3n) is 5.10. The van der Waals surface area contributed by atoms with Crippen LogP contribution < -0.4 is 15.4 Å². The lowest BCUT2D eigenvalue weighted by Gasteiger charge is -2.28. The number of carbonyl (C=O) groups is 2. The minimum atomic E-state index is -0.210. The molecule has 2 N–H and O–H groups in total. The fourth-order valence-corrected chi connectivity index (χ4v) is 3.70. The lowest BCUT2D eigenvalue weighted by atomic mass is 10.1. The molecule has 0 aliphatic carbocycles. The minimum Gasteiger partial charge on any atom is -0.482 e. The average molecular weight is 365 g/mol. The van der Waals surface area contributed by atoms with Gasteiger partial charge in [-0.3, -0.25) is 14.5 Å². The van der Waals surface area contributed by atoms with Gasteiger partial charge in [-0.1, -0.05) is 30.3 Å². The van der Waals surface area contributed by atoms with Crippen molar-refractivity contribution in [3.8, 4) is 5.75 Å². The zero-order valence-electron chi connectivity index (χ0n) is 15.1. The molecule has 1 saturated heterocycles. The zero-order chi connectivity index (χ0) is 18.6. The van der Waals surface area contributed by atoms with Gasteiger partial charge in [0.2, 0.25) is 0 Å². The number of carbonyl (C=O) groups excluding carboxylic acids is 2. The van der Waals surface area contributed by atoms with E-state index in [0.29, 0.717) is 23.5 Å². The Kier molecular flexibility index (Phi) is 5.07. The van der Waals surface area contributed by atoms with Gasteiger partial charge in [0.15, 0.2) is 6.61 Å². The number of ether oxygens (including phenoxy) is 1. The van der Waals surface area contributed by atoms with Crippen LogP contribution >= 0.6 is 0 Å². The topological polar surface area (TPSA) is 70.7 Å². The highest BCUT2D eigenvalue weighted by molar-refractivity contribution is 5.99. The number of hydrogen-bond acceptors (Lipinski definition) is 4. The van der Waals surface area contributed by atoms with Gasteiger partial charge < -0.3 is 15.4 Å². The predicted molar refractivity (Wildman–Crippen MR) is 103 cm³/mol. The van der Waals surface area contributed by atoms with Gasteiger partial charge in [-0.25, -0.2) is 0 Å². The first kappa shape index (κ1) is 17.5. The SMILES string of the molecule is O=C1COc2ccc(C(=O)NCC(c3ccccc3)N3CCCC3)cc2N1. The molecule has 4 rings (SSSR count). The molecule has 0 spiro atoms. The third kappa shape index (κ3) is 3.95. The molecule has 27 heavy (non-hydrogen) atoms. The number of anilines is 1. The van der Waals surface area contributed by atoms with Crippen LogP contribution in [0.2, 0.25) is 0 Å². The summed E-state index contributed by atoms with van der Waals surface area (Å²) in [5.74, 6) is 0.223. The molecule has 140 valence electrons. The van der Waals surface area contributed by atoms with Crippen LogP contribution in [0.3, 0.4) is 0 Å². The van der Waals surface area contributed by atoms with Gasteiger partial charge in [0.1, 0.15) is 5.75 Å². The fourth-order valence-electron chi connectivity index (χ4n) is 3.70. The molecule has 2 aromatic rings. The number of nitrogens with one attached hydrogen (secondary N) is 2. The van der Waals surface area contributed by atoms with Gasteiger partial charge in [-0.05, 0) is 49.7 Å². The second-order valence-electron chi connectivity index (χ2n) is 6.93. The molecule has 0 aromatic heterocycles. The summed E-state index contributed by atoms with van der Waals surface area (Å²) in [6.07, 6.45) is 2.39. The number of amides is 2. The highest BCUT2D eigenvalue weighted by Gasteiger charge is 2.24. The minimum absolute atomic E-state index is 0.00708. The maximum Gasteiger partial charge on any atom is 0.262 e. The van der Waals surface area contributed by atoms with Crippen molar-refractivity contribution in [2.24, 2.45) is 0 Å². The van der Waals surface area contributed by atoms with Crippen LogP contribution in [0.4, 0.5) is 5.69 Å². The quantitative estimate of drug-likeness (QED) is 0.854. The fraction of sp³-hybridized carbons (Fsp3) is 0.333.